The van der Waals surface area contributed by atoms with Crippen molar-refractivity contribution in [3.05, 3.63) is 47.2 Å². The van der Waals surface area contributed by atoms with Crippen molar-refractivity contribution in [1.82, 2.24) is 0 Å². The second-order valence-corrected chi connectivity index (χ2v) is 4.23. The van der Waals surface area contributed by atoms with E-state index < -0.39 is 5.78 Å². The maximum atomic E-state index is 12.0. The maximum absolute atomic E-state index is 12.0. The number of hydrogen-bond acceptors (Lipinski definition) is 3. The van der Waals surface area contributed by atoms with Crippen LogP contribution >= 0.6 is 0 Å². The molecule has 1 N–H and O–H groups in total. The lowest BCUT2D eigenvalue weighted by Gasteiger charge is -2.06. The third-order valence-electron chi connectivity index (χ3n) is 2.27. The molecular weight excluding hydrogens is 214 g/mol. The summed E-state index contributed by atoms with van der Waals surface area (Å²) in [5.74, 6) is -0.357. The highest BCUT2D eigenvalue weighted by Gasteiger charge is 2.17. The Balaban J connectivity index is 3.05. The first kappa shape index (κ1) is 13.0. The SMILES string of the molecule is CC(C)CC(O)=C(C#N)C(=O)c1ccccc1. The molecule has 0 aromatic heterocycles. The van der Waals surface area contributed by atoms with Crippen molar-refractivity contribution in [3.8, 4) is 6.07 Å². The van der Waals surface area contributed by atoms with E-state index in [1.165, 1.54) is 0 Å². The second-order valence-electron chi connectivity index (χ2n) is 4.23. The Morgan fingerprint density at radius 3 is 2.41 bits per heavy atom. The molecule has 0 aliphatic rings. The summed E-state index contributed by atoms with van der Waals surface area (Å²) in [4.78, 5) is 12.0. The van der Waals surface area contributed by atoms with E-state index in [1.54, 1.807) is 36.4 Å². The smallest absolute Gasteiger partial charge is 0.206 e. The molecule has 0 spiro atoms. The van der Waals surface area contributed by atoms with Crippen LogP contribution in [-0.4, -0.2) is 10.9 Å². The average molecular weight is 229 g/mol. The zero-order chi connectivity index (χ0) is 12.8. The van der Waals surface area contributed by atoms with Crippen LogP contribution in [-0.2, 0) is 0 Å². The Labute approximate surface area is 101 Å². The Morgan fingerprint density at radius 2 is 1.94 bits per heavy atom. The molecule has 17 heavy (non-hydrogen) atoms. The lowest BCUT2D eigenvalue weighted by Crippen LogP contribution is -2.06. The van der Waals surface area contributed by atoms with Gasteiger partial charge in [0, 0.05) is 12.0 Å². The van der Waals surface area contributed by atoms with Crippen LogP contribution in [0.2, 0.25) is 0 Å². The predicted molar refractivity (Wildman–Crippen MR) is 65.5 cm³/mol. The number of nitrogens with zero attached hydrogens (tertiary/aromatic N) is 1. The molecule has 3 heteroatoms. The first-order chi connectivity index (χ1) is 8.06. The van der Waals surface area contributed by atoms with Gasteiger partial charge in [0.2, 0.25) is 5.78 Å². The van der Waals surface area contributed by atoms with Crippen LogP contribution in [0.4, 0.5) is 0 Å². The molecule has 0 saturated carbocycles. The highest BCUT2D eigenvalue weighted by molar-refractivity contribution is 6.11. The van der Waals surface area contributed by atoms with Gasteiger partial charge in [0.15, 0.2) is 0 Å². The van der Waals surface area contributed by atoms with Gasteiger partial charge in [-0.05, 0) is 5.92 Å². The molecule has 1 aromatic carbocycles. The number of benzene rings is 1. The number of carbonyl (C=O) groups excluding carboxylic acids is 1. The molecule has 0 unspecified atom stereocenters. The van der Waals surface area contributed by atoms with E-state index in [9.17, 15) is 9.90 Å². The van der Waals surface area contributed by atoms with E-state index in [0.717, 1.165) is 0 Å². The Hall–Kier alpha value is -2.08. The number of ketones is 1. The number of rotatable bonds is 4. The van der Waals surface area contributed by atoms with Crippen molar-refractivity contribution < 1.29 is 9.90 Å². The first-order valence-electron chi connectivity index (χ1n) is 5.48. The Kier molecular flexibility index (Phi) is 4.47. The lowest BCUT2D eigenvalue weighted by atomic mass is 9.99. The van der Waals surface area contributed by atoms with Crippen molar-refractivity contribution in [1.29, 1.82) is 5.26 Å². The first-order valence-corrected chi connectivity index (χ1v) is 5.48. The molecule has 3 nitrogen and oxygen atoms in total. The molecule has 0 heterocycles. The quantitative estimate of drug-likeness (QED) is 0.373. The largest absolute Gasteiger partial charge is 0.511 e. The summed E-state index contributed by atoms with van der Waals surface area (Å²) in [6.07, 6.45) is 0.335. The lowest BCUT2D eigenvalue weighted by molar-refractivity contribution is 0.103. The molecule has 0 bridgehead atoms. The molecule has 0 amide bonds. The van der Waals surface area contributed by atoms with Crippen molar-refractivity contribution in [2.75, 3.05) is 0 Å². The van der Waals surface area contributed by atoms with Crippen LogP contribution < -0.4 is 0 Å². The molecule has 0 radical (unpaired) electrons. The van der Waals surface area contributed by atoms with Crippen molar-refractivity contribution in [2.45, 2.75) is 20.3 Å². The zero-order valence-corrected chi connectivity index (χ0v) is 9.97. The molecular formula is C14H15NO2. The third kappa shape index (κ3) is 3.46. The third-order valence-corrected chi connectivity index (χ3v) is 2.27. The summed E-state index contributed by atoms with van der Waals surface area (Å²) in [6.45, 7) is 3.83. The van der Waals surface area contributed by atoms with E-state index >= 15 is 0 Å². The summed E-state index contributed by atoms with van der Waals surface area (Å²) >= 11 is 0. The topological polar surface area (TPSA) is 61.1 Å². The normalized spacial score (nSPS) is 11.9. The molecule has 0 saturated heterocycles. The molecule has 0 fully saturated rings. The molecule has 1 aromatic rings. The monoisotopic (exact) mass is 229 g/mol. The van der Waals surface area contributed by atoms with Gasteiger partial charge in [0.25, 0.3) is 0 Å². The van der Waals surface area contributed by atoms with Crippen LogP contribution in [0.25, 0.3) is 0 Å². The van der Waals surface area contributed by atoms with Crippen LogP contribution in [0.3, 0.4) is 0 Å². The van der Waals surface area contributed by atoms with Gasteiger partial charge in [0.05, 0.1) is 0 Å². The van der Waals surface area contributed by atoms with Gasteiger partial charge in [-0.1, -0.05) is 44.2 Å². The number of aliphatic hydroxyl groups excluding tert-OH is 1. The van der Waals surface area contributed by atoms with Gasteiger partial charge in [-0.25, -0.2) is 0 Å². The summed E-state index contributed by atoms with van der Waals surface area (Å²) in [5, 5.41) is 18.7. The van der Waals surface area contributed by atoms with Crippen molar-refractivity contribution in [3.63, 3.8) is 0 Å². The van der Waals surface area contributed by atoms with Crippen LogP contribution in [0.15, 0.2) is 41.7 Å². The number of nitriles is 1. The van der Waals surface area contributed by atoms with E-state index in [4.69, 9.17) is 5.26 Å². The van der Waals surface area contributed by atoms with E-state index in [-0.39, 0.29) is 17.3 Å². The fourth-order valence-corrected chi connectivity index (χ4v) is 1.47. The van der Waals surface area contributed by atoms with Crippen molar-refractivity contribution in [2.24, 2.45) is 5.92 Å². The van der Waals surface area contributed by atoms with Crippen LogP contribution in [0, 0.1) is 17.2 Å². The number of allylic oxidation sites excluding steroid dienone is 2. The van der Waals surface area contributed by atoms with Gasteiger partial charge >= 0.3 is 0 Å². The molecule has 0 aliphatic carbocycles. The Morgan fingerprint density at radius 1 is 1.35 bits per heavy atom. The van der Waals surface area contributed by atoms with Gasteiger partial charge < -0.3 is 5.11 Å². The summed E-state index contributed by atoms with van der Waals surface area (Å²) in [7, 11) is 0. The molecule has 88 valence electrons. The van der Waals surface area contributed by atoms with Crippen molar-refractivity contribution >= 4 is 5.78 Å². The fraction of sp³-hybridized carbons (Fsp3) is 0.286. The minimum absolute atomic E-state index is 0.128. The summed E-state index contributed by atoms with van der Waals surface area (Å²) in [5.41, 5.74) is 0.254. The predicted octanol–water partition coefficient (Wildman–Crippen LogP) is 3.25. The summed E-state index contributed by atoms with van der Waals surface area (Å²) in [6, 6.07) is 10.3. The highest BCUT2D eigenvalue weighted by atomic mass is 16.3. The average Bonchev–Trinajstić information content (AvgIpc) is 2.30. The van der Waals surface area contributed by atoms with Gasteiger partial charge in [0.1, 0.15) is 17.4 Å². The van der Waals surface area contributed by atoms with Crippen LogP contribution in [0.5, 0.6) is 0 Å². The minimum Gasteiger partial charge on any atom is -0.511 e. The number of hydrogen-bond donors (Lipinski definition) is 1. The van der Waals surface area contributed by atoms with Gasteiger partial charge in [-0.2, -0.15) is 5.26 Å². The maximum Gasteiger partial charge on any atom is 0.206 e. The van der Waals surface area contributed by atoms with Gasteiger partial charge in [-0.15, -0.1) is 0 Å². The van der Waals surface area contributed by atoms with E-state index in [1.807, 2.05) is 13.8 Å². The molecule has 1 rings (SSSR count). The highest BCUT2D eigenvalue weighted by Crippen LogP contribution is 2.16. The Bertz CT molecular complexity index is 467. The fourth-order valence-electron chi connectivity index (χ4n) is 1.47. The zero-order valence-electron chi connectivity index (χ0n) is 9.97. The minimum atomic E-state index is -0.425. The second kappa shape index (κ2) is 5.86. The van der Waals surface area contributed by atoms with Gasteiger partial charge in [-0.3, -0.25) is 4.79 Å². The standard InChI is InChI=1S/C14H15NO2/c1-10(2)8-13(16)12(9-15)14(17)11-6-4-3-5-7-11/h3-7,10,16H,8H2,1-2H3. The molecule has 0 aliphatic heterocycles. The van der Waals surface area contributed by atoms with Crippen LogP contribution in [0.1, 0.15) is 30.6 Å². The number of carbonyl (C=O) groups is 1. The van der Waals surface area contributed by atoms with E-state index in [2.05, 4.69) is 0 Å². The number of aliphatic hydroxyl groups is 1. The number of Topliss-reactive ketones (excluding diaryl/α,β-unsaturated/α-hetero) is 1. The summed E-state index contributed by atoms with van der Waals surface area (Å²) < 4.78 is 0. The van der Waals surface area contributed by atoms with E-state index in [0.29, 0.717) is 12.0 Å². The molecule has 0 atom stereocenters.